The number of hydrogen-bond donors (Lipinski definition) is 0. The number of Topliss-reactive ketones (excluding diaryl/α,β-unsaturated/α-hetero) is 1. The van der Waals surface area contributed by atoms with Crippen LogP contribution in [0.25, 0.3) is 0 Å². The van der Waals surface area contributed by atoms with Gasteiger partial charge in [0.05, 0.1) is 0 Å². The molecular formula is C27H42O. The second kappa shape index (κ2) is 7.49. The normalized spacial score (nSPS) is 46.0. The Balaban J connectivity index is 1.53. The van der Waals surface area contributed by atoms with E-state index >= 15 is 0 Å². The fourth-order valence-corrected chi connectivity index (χ4v) is 8.59. The first kappa shape index (κ1) is 20.5. The average Bonchev–Trinajstić information content (AvgIpc) is 3.02. The molecule has 28 heavy (non-hydrogen) atoms. The fourth-order valence-electron chi connectivity index (χ4n) is 8.59. The van der Waals surface area contributed by atoms with Gasteiger partial charge in [0, 0.05) is 11.8 Å². The summed E-state index contributed by atoms with van der Waals surface area (Å²) in [4.78, 5) is 12.0. The number of hydrogen-bond acceptors (Lipinski definition) is 1. The van der Waals surface area contributed by atoms with Gasteiger partial charge in [-0.2, -0.15) is 0 Å². The van der Waals surface area contributed by atoms with Crippen LogP contribution >= 0.6 is 0 Å². The summed E-state index contributed by atoms with van der Waals surface area (Å²) in [6, 6.07) is 0. The van der Waals surface area contributed by atoms with E-state index in [0.717, 1.165) is 23.7 Å². The molecule has 0 aliphatic heterocycles. The van der Waals surface area contributed by atoms with Crippen molar-refractivity contribution < 1.29 is 4.79 Å². The minimum Gasteiger partial charge on any atom is -0.285 e. The molecule has 0 heterocycles. The Labute approximate surface area is 173 Å². The fraction of sp³-hybridized carbons (Fsp3) is 0.889. The van der Waals surface area contributed by atoms with E-state index in [1.807, 2.05) is 13.8 Å². The van der Waals surface area contributed by atoms with Crippen molar-refractivity contribution >= 4 is 5.78 Å². The monoisotopic (exact) mass is 382 g/mol. The molecule has 0 aromatic heterocycles. The number of ketones is 1. The molecule has 1 unspecified atom stereocenters. The second-order valence-electron chi connectivity index (χ2n) is 11.7. The zero-order valence-corrected chi connectivity index (χ0v) is 19.0. The van der Waals surface area contributed by atoms with E-state index in [2.05, 4.69) is 32.6 Å². The zero-order valence-electron chi connectivity index (χ0n) is 19.0. The summed E-state index contributed by atoms with van der Waals surface area (Å²) in [5, 5.41) is 0. The predicted molar refractivity (Wildman–Crippen MR) is 117 cm³/mol. The third-order valence-electron chi connectivity index (χ3n) is 10.2. The molecular weight excluding hydrogens is 340 g/mol. The first-order chi connectivity index (χ1) is 13.3. The highest BCUT2D eigenvalue weighted by molar-refractivity contribution is 5.96. The van der Waals surface area contributed by atoms with Crippen LogP contribution in [0.15, 0.2) is 0 Å². The van der Waals surface area contributed by atoms with Crippen molar-refractivity contribution in [2.45, 2.75) is 98.8 Å². The summed E-state index contributed by atoms with van der Waals surface area (Å²) in [5.74, 6) is 11.4. The number of fused-ring (bicyclic) bond motifs is 5. The molecule has 0 aromatic carbocycles. The molecule has 4 rings (SSSR count). The Morgan fingerprint density at radius 3 is 2.36 bits per heavy atom. The average molecular weight is 383 g/mol. The van der Waals surface area contributed by atoms with E-state index in [9.17, 15) is 4.79 Å². The predicted octanol–water partition coefficient (Wildman–Crippen LogP) is 6.90. The van der Waals surface area contributed by atoms with Gasteiger partial charge in [-0.05, 0) is 97.7 Å². The largest absolute Gasteiger partial charge is 0.285 e. The van der Waals surface area contributed by atoms with Crippen LogP contribution in [0.3, 0.4) is 0 Å². The Morgan fingerprint density at radius 2 is 1.61 bits per heavy atom. The molecule has 0 aromatic rings. The van der Waals surface area contributed by atoms with Crippen molar-refractivity contribution in [3.05, 3.63) is 0 Å². The lowest BCUT2D eigenvalue weighted by atomic mass is 9.44. The van der Waals surface area contributed by atoms with Crippen LogP contribution in [0.5, 0.6) is 0 Å². The lowest BCUT2D eigenvalue weighted by Crippen LogP contribution is -2.53. The summed E-state index contributed by atoms with van der Waals surface area (Å²) in [7, 11) is 0. The smallest absolute Gasteiger partial charge is 0.207 e. The molecule has 1 heteroatoms. The summed E-state index contributed by atoms with van der Waals surface area (Å²) in [6.45, 7) is 11.5. The molecule has 0 N–H and O–H groups in total. The highest BCUT2D eigenvalue weighted by Crippen LogP contribution is 2.68. The molecule has 156 valence electrons. The highest BCUT2D eigenvalue weighted by Gasteiger charge is 2.60. The molecule has 4 aliphatic rings. The number of carbonyl (C=O) groups excluding carboxylic acids is 1. The van der Waals surface area contributed by atoms with Crippen molar-refractivity contribution in [3.8, 4) is 11.8 Å². The van der Waals surface area contributed by atoms with Gasteiger partial charge in [-0.25, -0.2) is 0 Å². The Kier molecular flexibility index (Phi) is 5.48. The zero-order chi connectivity index (χ0) is 20.1. The quantitative estimate of drug-likeness (QED) is 0.375. The highest BCUT2D eigenvalue weighted by atomic mass is 16.1. The van der Waals surface area contributed by atoms with E-state index in [-0.39, 0.29) is 11.7 Å². The van der Waals surface area contributed by atoms with Gasteiger partial charge in [0.2, 0.25) is 5.78 Å². The van der Waals surface area contributed by atoms with Gasteiger partial charge >= 0.3 is 0 Å². The molecule has 0 spiro atoms. The SMILES string of the molecule is CC(C)C(=O)C#C[C@@H](C)[C@H]1CC[C@H]2[C@@H]3CCC4CCCC[C@]4(C)[C@H]3CC[C@]12C. The van der Waals surface area contributed by atoms with Gasteiger partial charge in [0.15, 0.2) is 0 Å². The third-order valence-corrected chi connectivity index (χ3v) is 10.2. The van der Waals surface area contributed by atoms with Crippen LogP contribution in [-0.4, -0.2) is 5.78 Å². The number of rotatable bonds is 2. The maximum atomic E-state index is 12.0. The summed E-state index contributed by atoms with van der Waals surface area (Å²) >= 11 is 0. The molecule has 0 saturated heterocycles. The van der Waals surface area contributed by atoms with Gasteiger partial charge in [0.25, 0.3) is 0 Å². The molecule has 8 atom stereocenters. The number of carbonyl (C=O) groups is 1. The van der Waals surface area contributed by atoms with E-state index in [1.165, 1.54) is 64.2 Å². The van der Waals surface area contributed by atoms with Crippen LogP contribution in [0.2, 0.25) is 0 Å². The van der Waals surface area contributed by atoms with Crippen molar-refractivity contribution in [1.29, 1.82) is 0 Å². The van der Waals surface area contributed by atoms with Gasteiger partial charge < -0.3 is 0 Å². The first-order valence-electron chi connectivity index (χ1n) is 12.3. The van der Waals surface area contributed by atoms with Crippen molar-refractivity contribution in [2.24, 2.45) is 52.3 Å². The van der Waals surface area contributed by atoms with Gasteiger partial charge in [-0.1, -0.05) is 53.4 Å². The third kappa shape index (κ3) is 3.18. The molecule has 0 radical (unpaired) electrons. The van der Waals surface area contributed by atoms with Crippen LogP contribution in [0, 0.1) is 64.1 Å². The molecule has 4 saturated carbocycles. The standard InChI is InChI=1S/C27H42O/c1-18(2)25(28)14-9-19(3)22-12-13-23-21-11-10-20-8-6-7-16-26(20,4)24(21)15-17-27(22,23)5/h18-24H,6-8,10-13,15-17H2,1-5H3/t19-,20?,21+,22-,23+,24+,26+,27-/m1/s1. The van der Waals surface area contributed by atoms with E-state index < -0.39 is 0 Å². The van der Waals surface area contributed by atoms with Crippen molar-refractivity contribution in [1.82, 2.24) is 0 Å². The molecule has 0 bridgehead atoms. The molecule has 4 aliphatic carbocycles. The van der Waals surface area contributed by atoms with Crippen LogP contribution in [0.1, 0.15) is 98.8 Å². The minimum absolute atomic E-state index is 0.0356. The molecule has 4 fully saturated rings. The maximum absolute atomic E-state index is 12.0. The van der Waals surface area contributed by atoms with Gasteiger partial charge in [-0.15, -0.1) is 0 Å². The minimum atomic E-state index is 0.0356. The van der Waals surface area contributed by atoms with Crippen molar-refractivity contribution in [3.63, 3.8) is 0 Å². The summed E-state index contributed by atoms with van der Waals surface area (Å²) < 4.78 is 0. The molecule has 0 amide bonds. The van der Waals surface area contributed by atoms with E-state index in [1.54, 1.807) is 0 Å². The second-order valence-corrected chi connectivity index (χ2v) is 11.7. The van der Waals surface area contributed by atoms with Gasteiger partial charge in [-0.3, -0.25) is 4.79 Å². The van der Waals surface area contributed by atoms with Crippen LogP contribution < -0.4 is 0 Å². The first-order valence-corrected chi connectivity index (χ1v) is 12.3. The lowest BCUT2D eigenvalue weighted by Gasteiger charge is -2.60. The Hall–Kier alpha value is -0.770. The summed E-state index contributed by atoms with van der Waals surface area (Å²) in [5.41, 5.74) is 1.09. The topological polar surface area (TPSA) is 17.1 Å². The van der Waals surface area contributed by atoms with Gasteiger partial charge in [0.1, 0.15) is 0 Å². The summed E-state index contributed by atoms with van der Waals surface area (Å²) in [6.07, 6.45) is 14.5. The van der Waals surface area contributed by atoms with E-state index in [0.29, 0.717) is 22.7 Å². The Morgan fingerprint density at radius 1 is 0.857 bits per heavy atom. The lowest BCUT2D eigenvalue weighted by molar-refractivity contribution is -0.116. The van der Waals surface area contributed by atoms with Crippen molar-refractivity contribution in [2.75, 3.05) is 0 Å². The van der Waals surface area contributed by atoms with Crippen LogP contribution in [-0.2, 0) is 4.79 Å². The van der Waals surface area contributed by atoms with Crippen LogP contribution in [0.4, 0.5) is 0 Å². The Bertz CT molecular complexity index is 665. The van der Waals surface area contributed by atoms with E-state index in [4.69, 9.17) is 0 Å². The molecule has 1 nitrogen and oxygen atoms in total. The maximum Gasteiger partial charge on any atom is 0.207 e.